The molecule has 160 valence electrons. The number of anilines is 1. The molecule has 30 heavy (non-hydrogen) atoms. The Kier molecular flexibility index (Phi) is 6.73. The lowest BCUT2D eigenvalue weighted by Gasteiger charge is -2.34. The van der Waals surface area contributed by atoms with E-state index in [0.29, 0.717) is 5.92 Å². The lowest BCUT2D eigenvalue weighted by molar-refractivity contribution is 0.250. The normalized spacial score (nSPS) is 17.6. The summed E-state index contributed by atoms with van der Waals surface area (Å²) in [7, 11) is 0. The van der Waals surface area contributed by atoms with E-state index < -0.39 is 0 Å². The molecule has 1 aromatic heterocycles. The minimum atomic E-state index is 0.580. The van der Waals surface area contributed by atoms with Crippen LogP contribution in [0.4, 0.5) is 5.82 Å². The van der Waals surface area contributed by atoms with E-state index >= 15 is 0 Å². The lowest BCUT2D eigenvalue weighted by Crippen LogP contribution is -2.37. The van der Waals surface area contributed by atoms with Gasteiger partial charge in [0, 0.05) is 57.1 Å². The van der Waals surface area contributed by atoms with Gasteiger partial charge >= 0.3 is 0 Å². The molecule has 3 heterocycles. The average Bonchev–Trinajstić information content (AvgIpc) is 2.77. The molecule has 0 bridgehead atoms. The number of nitrogens with zero attached hydrogens (tertiary/aromatic N) is 3. The highest BCUT2D eigenvalue weighted by atomic mass is 15.2. The highest BCUT2D eigenvalue weighted by Gasteiger charge is 2.22. The van der Waals surface area contributed by atoms with Gasteiger partial charge in [-0.25, -0.2) is 4.98 Å². The summed E-state index contributed by atoms with van der Waals surface area (Å²) in [6.45, 7) is 15.2. The van der Waals surface area contributed by atoms with Crippen LogP contribution in [-0.2, 0) is 13.0 Å². The van der Waals surface area contributed by atoms with E-state index in [1.54, 1.807) is 5.56 Å². The van der Waals surface area contributed by atoms with Gasteiger partial charge in [-0.15, -0.1) is 0 Å². The Morgan fingerprint density at radius 3 is 2.63 bits per heavy atom. The molecular formula is C26H36N4. The molecule has 0 atom stereocenters. The maximum absolute atomic E-state index is 4.58. The third-order valence-electron chi connectivity index (χ3n) is 6.66. The van der Waals surface area contributed by atoms with Crippen LogP contribution in [-0.4, -0.2) is 42.6 Å². The highest BCUT2D eigenvalue weighted by Crippen LogP contribution is 2.25. The molecule has 0 amide bonds. The molecule has 1 aromatic carbocycles. The Labute approximate surface area is 182 Å². The Bertz CT molecular complexity index is 850. The van der Waals surface area contributed by atoms with Crippen molar-refractivity contribution in [2.75, 3.05) is 37.6 Å². The van der Waals surface area contributed by atoms with Gasteiger partial charge in [-0.3, -0.25) is 4.90 Å². The Morgan fingerprint density at radius 2 is 1.87 bits per heavy atom. The summed E-state index contributed by atoms with van der Waals surface area (Å²) in [6, 6.07) is 11.2. The summed E-state index contributed by atoms with van der Waals surface area (Å²) in [5.41, 5.74) is 6.89. The lowest BCUT2D eigenvalue weighted by atomic mass is 9.94. The van der Waals surface area contributed by atoms with Crippen molar-refractivity contribution in [3.63, 3.8) is 0 Å². The van der Waals surface area contributed by atoms with Crippen LogP contribution in [0.25, 0.3) is 0 Å². The number of fused-ring (bicyclic) bond motifs is 1. The Balaban J connectivity index is 1.15. The fourth-order valence-corrected chi connectivity index (χ4v) is 4.73. The van der Waals surface area contributed by atoms with Gasteiger partial charge in [0.25, 0.3) is 0 Å². The van der Waals surface area contributed by atoms with Gasteiger partial charge < -0.3 is 10.2 Å². The number of allylic oxidation sites excluding steroid dienone is 1. The standard InChI is InChI=1S/C26H36N4/c1-20-5-7-25-19-29(14-9-24(25)17-20)13-4-12-27-22(3)23-10-15-30(16-11-23)26-8-6-21(2)18-28-26/h5-8,17-18,23,27H,3-4,9-16,19H2,1-2H3. The number of rotatable bonds is 7. The minimum absolute atomic E-state index is 0.580. The van der Waals surface area contributed by atoms with Crippen LogP contribution in [0.15, 0.2) is 48.8 Å². The molecule has 1 N–H and O–H groups in total. The second kappa shape index (κ2) is 9.65. The summed E-state index contributed by atoms with van der Waals surface area (Å²) in [4.78, 5) is 9.57. The molecule has 4 rings (SSSR count). The quantitative estimate of drug-likeness (QED) is 0.690. The number of aryl methyl sites for hydroxylation is 2. The van der Waals surface area contributed by atoms with Gasteiger partial charge in [0.2, 0.25) is 0 Å². The van der Waals surface area contributed by atoms with Crippen molar-refractivity contribution in [3.8, 4) is 0 Å². The fourth-order valence-electron chi connectivity index (χ4n) is 4.73. The maximum Gasteiger partial charge on any atom is 0.128 e. The van der Waals surface area contributed by atoms with Gasteiger partial charge in [-0.05, 0) is 62.3 Å². The molecule has 1 saturated heterocycles. The third-order valence-corrected chi connectivity index (χ3v) is 6.66. The minimum Gasteiger partial charge on any atom is -0.389 e. The predicted molar refractivity (Wildman–Crippen MR) is 126 cm³/mol. The number of hydrogen-bond acceptors (Lipinski definition) is 4. The van der Waals surface area contributed by atoms with E-state index in [2.05, 4.69) is 70.9 Å². The molecule has 4 heteroatoms. The molecule has 0 radical (unpaired) electrons. The third kappa shape index (κ3) is 5.23. The number of aromatic nitrogens is 1. The molecule has 0 saturated carbocycles. The number of nitrogens with one attached hydrogen (secondary N) is 1. The number of hydrogen-bond donors (Lipinski definition) is 1. The summed E-state index contributed by atoms with van der Waals surface area (Å²) in [5.74, 6) is 1.69. The Hall–Kier alpha value is -2.33. The highest BCUT2D eigenvalue weighted by molar-refractivity contribution is 5.39. The molecule has 2 aliphatic heterocycles. The number of benzene rings is 1. The smallest absolute Gasteiger partial charge is 0.128 e. The van der Waals surface area contributed by atoms with Gasteiger partial charge in [-0.2, -0.15) is 0 Å². The predicted octanol–water partition coefficient (Wildman–Crippen LogP) is 4.47. The number of piperidine rings is 1. The summed E-state index contributed by atoms with van der Waals surface area (Å²) >= 11 is 0. The van der Waals surface area contributed by atoms with Gasteiger partial charge in [0.1, 0.15) is 5.82 Å². The van der Waals surface area contributed by atoms with Crippen molar-refractivity contribution in [2.24, 2.45) is 5.92 Å². The first-order valence-corrected chi connectivity index (χ1v) is 11.5. The molecule has 0 unspecified atom stereocenters. The molecule has 2 aromatic rings. The first-order valence-electron chi connectivity index (χ1n) is 11.5. The average molecular weight is 405 g/mol. The van der Waals surface area contributed by atoms with Crippen LogP contribution in [0.2, 0.25) is 0 Å². The molecule has 2 aliphatic rings. The fraction of sp³-hybridized carbons (Fsp3) is 0.500. The van der Waals surface area contributed by atoms with Crippen molar-refractivity contribution in [3.05, 3.63) is 71.1 Å². The monoisotopic (exact) mass is 404 g/mol. The number of pyridine rings is 1. The zero-order valence-electron chi connectivity index (χ0n) is 18.7. The topological polar surface area (TPSA) is 31.4 Å². The molecule has 0 aliphatic carbocycles. The van der Waals surface area contributed by atoms with E-state index in [0.717, 1.165) is 51.4 Å². The van der Waals surface area contributed by atoms with Crippen LogP contribution in [0.3, 0.4) is 0 Å². The zero-order valence-corrected chi connectivity index (χ0v) is 18.7. The van der Waals surface area contributed by atoms with Crippen molar-refractivity contribution >= 4 is 5.82 Å². The van der Waals surface area contributed by atoms with E-state index in [9.17, 15) is 0 Å². The molecular weight excluding hydrogens is 368 g/mol. The second-order valence-corrected chi connectivity index (χ2v) is 9.06. The first-order chi connectivity index (χ1) is 14.6. The van der Waals surface area contributed by atoms with Gasteiger partial charge in [0.15, 0.2) is 0 Å². The van der Waals surface area contributed by atoms with Crippen LogP contribution >= 0.6 is 0 Å². The van der Waals surface area contributed by atoms with Crippen LogP contribution in [0.5, 0.6) is 0 Å². The molecule has 1 fully saturated rings. The van der Waals surface area contributed by atoms with E-state index in [4.69, 9.17) is 0 Å². The second-order valence-electron chi connectivity index (χ2n) is 9.06. The van der Waals surface area contributed by atoms with Crippen molar-refractivity contribution in [2.45, 2.75) is 46.1 Å². The van der Waals surface area contributed by atoms with Crippen molar-refractivity contribution < 1.29 is 0 Å². The van der Waals surface area contributed by atoms with E-state index in [-0.39, 0.29) is 0 Å². The molecule has 0 spiro atoms. The van der Waals surface area contributed by atoms with Crippen molar-refractivity contribution in [1.82, 2.24) is 15.2 Å². The van der Waals surface area contributed by atoms with Gasteiger partial charge in [-0.1, -0.05) is 36.4 Å². The SMILES string of the molecule is C=C(NCCCN1CCc2cc(C)ccc2C1)C1CCN(c2ccc(C)cn2)CC1. The zero-order chi connectivity index (χ0) is 20.9. The Morgan fingerprint density at radius 1 is 1.07 bits per heavy atom. The summed E-state index contributed by atoms with van der Waals surface area (Å²) < 4.78 is 0. The largest absolute Gasteiger partial charge is 0.389 e. The first kappa shape index (κ1) is 20.9. The van der Waals surface area contributed by atoms with Crippen molar-refractivity contribution in [1.29, 1.82) is 0 Å². The van der Waals surface area contributed by atoms with Crippen LogP contribution in [0, 0.1) is 19.8 Å². The van der Waals surface area contributed by atoms with Crippen LogP contribution in [0.1, 0.15) is 41.5 Å². The summed E-state index contributed by atoms with van der Waals surface area (Å²) in [6.07, 6.45) is 6.63. The van der Waals surface area contributed by atoms with E-state index in [1.807, 2.05) is 6.20 Å². The maximum atomic E-state index is 4.58. The van der Waals surface area contributed by atoms with Gasteiger partial charge in [0.05, 0.1) is 0 Å². The van der Waals surface area contributed by atoms with E-state index in [1.165, 1.54) is 41.8 Å². The molecule has 4 nitrogen and oxygen atoms in total. The van der Waals surface area contributed by atoms with Crippen LogP contribution < -0.4 is 10.2 Å². The summed E-state index contributed by atoms with van der Waals surface area (Å²) in [5, 5.41) is 3.63.